The van der Waals surface area contributed by atoms with Gasteiger partial charge in [0.05, 0.1) is 11.9 Å². The zero-order valence-corrected chi connectivity index (χ0v) is 16.1. The van der Waals surface area contributed by atoms with Crippen LogP contribution in [0.2, 0.25) is 0 Å². The van der Waals surface area contributed by atoms with Crippen LogP contribution in [0.1, 0.15) is 0 Å². The first-order valence-corrected chi connectivity index (χ1v) is 10.0. The number of nitrogens with one attached hydrogen (secondary N) is 1. The van der Waals surface area contributed by atoms with Crippen molar-refractivity contribution in [2.75, 3.05) is 4.72 Å². The fourth-order valence-corrected chi connectivity index (χ4v) is 3.38. The number of nitrogens with zero attached hydrogens (tertiary/aromatic N) is 5. The summed E-state index contributed by atoms with van der Waals surface area (Å²) in [6, 6.07) is 20.0. The summed E-state index contributed by atoms with van der Waals surface area (Å²) in [7, 11) is -2.43. The first-order chi connectivity index (χ1) is 14.0. The second kappa shape index (κ2) is 7.68. The highest BCUT2D eigenvalue weighted by molar-refractivity contribution is 7.92. The van der Waals surface area contributed by atoms with Gasteiger partial charge >= 0.3 is 0 Å². The Labute approximate surface area is 167 Å². The maximum atomic E-state index is 12.6. The summed E-state index contributed by atoms with van der Waals surface area (Å²) in [4.78, 5) is 8.52. The van der Waals surface area contributed by atoms with Gasteiger partial charge in [0.1, 0.15) is 5.75 Å². The Kier molecular flexibility index (Phi) is 4.92. The Morgan fingerprint density at radius 1 is 0.966 bits per heavy atom. The fraction of sp³-hybridized carbons (Fsp3) is 0.0526. The molecule has 0 aliphatic heterocycles. The molecule has 0 unspecified atom stereocenters. The zero-order valence-electron chi connectivity index (χ0n) is 15.3. The Morgan fingerprint density at radius 2 is 1.66 bits per heavy atom. The van der Waals surface area contributed by atoms with Crippen molar-refractivity contribution in [3.05, 3.63) is 72.9 Å². The number of para-hydroxylation sites is 1. The Morgan fingerprint density at radius 3 is 2.31 bits per heavy atom. The molecule has 4 aromatic rings. The average Bonchev–Trinajstić information content (AvgIpc) is 3.16. The maximum Gasteiger partial charge on any atom is 0.285 e. The first-order valence-electron chi connectivity index (χ1n) is 8.56. The van der Waals surface area contributed by atoms with E-state index in [-0.39, 0.29) is 16.9 Å². The zero-order chi connectivity index (χ0) is 20.3. The summed E-state index contributed by atoms with van der Waals surface area (Å²) >= 11 is 0. The molecule has 0 aliphatic rings. The molecule has 2 aromatic carbocycles. The average molecular weight is 408 g/mol. The lowest BCUT2D eigenvalue weighted by atomic mass is 10.1. The summed E-state index contributed by atoms with van der Waals surface area (Å²) in [5.41, 5.74) is 1.29. The molecule has 0 amide bonds. The lowest BCUT2D eigenvalue weighted by Gasteiger charge is -2.10. The molecule has 9 nitrogen and oxygen atoms in total. The predicted molar refractivity (Wildman–Crippen MR) is 106 cm³/mol. The molecule has 29 heavy (non-hydrogen) atoms. The number of aryl methyl sites for hydroxylation is 1. The van der Waals surface area contributed by atoms with Crippen molar-refractivity contribution in [1.82, 2.24) is 25.0 Å². The third-order valence-corrected chi connectivity index (χ3v) is 5.01. The highest BCUT2D eigenvalue weighted by atomic mass is 32.2. The van der Waals surface area contributed by atoms with Gasteiger partial charge in [0.25, 0.3) is 10.0 Å². The normalized spacial score (nSPS) is 11.2. The Bertz CT molecular complexity index is 1230. The summed E-state index contributed by atoms with van der Waals surface area (Å²) in [5.74, 6) is 0.623. The third-order valence-electron chi connectivity index (χ3n) is 3.82. The summed E-state index contributed by atoms with van der Waals surface area (Å²) in [5, 5.41) is 7.04. The van der Waals surface area contributed by atoms with Crippen LogP contribution in [0, 0.1) is 0 Å². The Hall–Kier alpha value is -3.79. The SMILES string of the molecule is Cn1cc(S(=O)(=O)Nc2nc(Oc3ccccc3)cc(-c3ccccc3)n2)nn1. The van der Waals surface area contributed by atoms with Crippen molar-refractivity contribution in [3.63, 3.8) is 0 Å². The molecule has 0 radical (unpaired) electrons. The molecule has 2 heterocycles. The van der Waals surface area contributed by atoms with Crippen LogP contribution in [0.25, 0.3) is 11.3 Å². The van der Waals surface area contributed by atoms with E-state index in [1.165, 1.54) is 10.9 Å². The van der Waals surface area contributed by atoms with Gasteiger partial charge in [-0.25, -0.2) is 9.71 Å². The first kappa shape index (κ1) is 18.6. The molecular formula is C19H16N6O3S. The van der Waals surface area contributed by atoms with Crippen LogP contribution in [0.3, 0.4) is 0 Å². The molecule has 4 rings (SSSR count). The van der Waals surface area contributed by atoms with Gasteiger partial charge in [-0.2, -0.15) is 13.4 Å². The molecule has 146 valence electrons. The molecule has 0 fully saturated rings. The molecule has 0 saturated heterocycles. The second-order valence-corrected chi connectivity index (χ2v) is 7.66. The largest absolute Gasteiger partial charge is 0.439 e. The lowest BCUT2D eigenvalue weighted by Crippen LogP contribution is -2.16. The third kappa shape index (κ3) is 4.38. The highest BCUT2D eigenvalue weighted by Crippen LogP contribution is 2.26. The maximum absolute atomic E-state index is 12.6. The van der Waals surface area contributed by atoms with E-state index >= 15 is 0 Å². The van der Waals surface area contributed by atoms with Crippen molar-refractivity contribution in [2.24, 2.45) is 7.05 Å². The number of aromatic nitrogens is 5. The second-order valence-electron chi connectivity index (χ2n) is 6.03. The summed E-state index contributed by atoms with van der Waals surface area (Å²) < 4.78 is 34.6. The van der Waals surface area contributed by atoms with Gasteiger partial charge in [-0.05, 0) is 12.1 Å². The molecular weight excluding hydrogens is 392 g/mol. The van der Waals surface area contributed by atoms with Crippen LogP contribution in [0.5, 0.6) is 11.6 Å². The van der Waals surface area contributed by atoms with Gasteiger partial charge < -0.3 is 4.74 Å². The minimum atomic E-state index is -4.01. The van der Waals surface area contributed by atoms with Crippen molar-refractivity contribution < 1.29 is 13.2 Å². The van der Waals surface area contributed by atoms with Gasteiger partial charge in [0.2, 0.25) is 16.9 Å². The van der Waals surface area contributed by atoms with Crippen LogP contribution in [-0.2, 0) is 17.1 Å². The minimum absolute atomic E-state index is 0.136. The molecule has 0 spiro atoms. The number of ether oxygens (including phenoxy) is 1. The quantitative estimate of drug-likeness (QED) is 0.522. The monoisotopic (exact) mass is 408 g/mol. The van der Waals surface area contributed by atoms with Gasteiger partial charge in [-0.3, -0.25) is 4.68 Å². The topological polar surface area (TPSA) is 112 Å². The van der Waals surface area contributed by atoms with E-state index in [4.69, 9.17) is 4.74 Å². The molecule has 0 atom stereocenters. The van der Waals surface area contributed by atoms with Gasteiger partial charge in [-0.15, -0.1) is 5.10 Å². The van der Waals surface area contributed by atoms with E-state index in [0.717, 1.165) is 5.56 Å². The predicted octanol–water partition coefficient (Wildman–Crippen LogP) is 2.87. The van der Waals surface area contributed by atoms with Crippen LogP contribution < -0.4 is 9.46 Å². The molecule has 10 heteroatoms. The number of benzene rings is 2. The van der Waals surface area contributed by atoms with Crippen LogP contribution in [-0.4, -0.2) is 33.4 Å². The van der Waals surface area contributed by atoms with Gasteiger partial charge in [0, 0.05) is 18.7 Å². The summed E-state index contributed by atoms with van der Waals surface area (Å²) in [6.07, 6.45) is 1.28. The molecule has 0 saturated carbocycles. The van der Waals surface area contributed by atoms with Crippen molar-refractivity contribution in [2.45, 2.75) is 5.03 Å². The van der Waals surface area contributed by atoms with Crippen LogP contribution in [0.4, 0.5) is 5.95 Å². The number of rotatable bonds is 6. The molecule has 0 bridgehead atoms. The smallest absolute Gasteiger partial charge is 0.285 e. The van der Waals surface area contributed by atoms with Gasteiger partial charge in [-0.1, -0.05) is 53.7 Å². The van der Waals surface area contributed by atoms with E-state index < -0.39 is 10.0 Å². The van der Waals surface area contributed by atoms with Gasteiger partial charge in [0.15, 0.2) is 0 Å². The van der Waals surface area contributed by atoms with E-state index in [1.54, 1.807) is 25.2 Å². The molecule has 2 aromatic heterocycles. The van der Waals surface area contributed by atoms with Crippen molar-refractivity contribution >= 4 is 16.0 Å². The molecule has 0 aliphatic carbocycles. The fourth-order valence-electron chi connectivity index (χ4n) is 2.51. The lowest BCUT2D eigenvalue weighted by molar-refractivity contribution is 0.463. The van der Waals surface area contributed by atoms with Crippen LogP contribution in [0.15, 0.2) is 78.0 Å². The molecule has 1 N–H and O–H groups in total. The number of hydrogen-bond donors (Lipinski definition) is 1. The van der Waals surface area contributed by atoms with Crippen LogP contribution >= 0.6 is 0 Å². The van der Waals surface area contributed by atoms with E-state index in [9.17, 15) is 8.42 Å². The standard InChI is InChI=1S/C19H16N6O3S/c1-25-13-18(22-24-25)29(26,27)23-19-20-16(14-8-4-2-5-9-14)12-17(21-19)28-15-10-6-3-7-11-15/h2-13H,1H3,(H,20,21,23). The van der Waals surface area contributed by atoms with E-state index in [2.05, 4.69) is 25.0 Å². The highest BCUT2D eigenvalue weighted by Gasteiger charge is 2.21. The van der Waals surface area contributed by atoms with Crippen molar-refractivity contribution in [1.29, 1.82) is 0 Å². The van der Waals surface area contributed by atoms with Crippen molar-refractivity contribution in [3.8, 4) is 22.9 Å². The number of sulfonamides is 1. The Balaban J connectivity index is 1.73. The van der Waals surface area contributed by atoms with E-state index in [0.29, 0.717) is 11.4 Å². The number of anilines is 1. The summed E-state index contributed by atoms with van der Waals surface area (Å²) in [6.45, 7) is 0. The minimum Gasteiger partial charge on any atom is -0.439 e. The number of hydrogen-bond acceptors (Lipinski definition) is 7. The van der Waals surface area contributed by atoms with E-state index in [1.807, 2.05) is 48.5 Å².